The predicted molar refractivity (Wildman–Crippen MR) is 101 cm³/mol. The van der Waals surface area contributed by atoms with E-state index in [0.717, 1.165) is 22.7 Å². The molecule has 0 spiro atoms. The summed E-state index contributed by atoms with van der Waals surface area (Å²) >= 11 is 7.46. The molecule has 0 aliphatic carbocycles. The third-order valence-corrected chi connectivity index (χ3v) is 5.45. The Kier molecular flexibility index (Phi) is 5.72. The van der Waals surface area contributed by atoms with Crippen molar-refractivity contribution < 1.29 is 23.1 Å². The van der Waals surface area contributed by atoms with Gasteiger partial charge in [0, 0.05) is 21.5 Å². The van der Waals surface area contributed by atoms with Gasteiger partial charge in [-0.1, -0.05) is 11.6 Å². The highest BCUT2D eigenvalue weighted by Crippen LogP contribution is 2.45. The van der Waals surface area contributed by atoms with Crippen LogP contribution in [0.5, 0.6) is 0 Å². The van der Waals surface area contributed by atoms with Crippen molar-refractivity contribution in [2.45, 2.75) is 18.7 Å². The Bertz CT molecular complexity index is 922. The van der Waals surface area contributed by atoms with Crippen molar-refractivity contribution in [3.05, 3.63) is 52.6 Å². The van der Waals surface area contributed by atoms with Gasteiger partial charge in [-0.2, -0.15) is 0 Å². The molecular formula is C19H16ClF2NO3S. The molecule has 0 amide bonds. The van der Waals surface area contributed by atoms with E-state index in [9.17, 15) is 18.4 Å². The number of Topliss-reactive ketones (excluding diaryl/α,β-unsaturated/α-hetero) is 1. The van der Waals surface area contributed by atoms with Gasteiger partial charge in [-0.25, -0.2) is 8.78 Å². The lowest BCUT2D eigenvalue weighted by molar-refractivity contribution is -0.145. The first-order valence-electron chi connectivity index (χ1n) is 8.23. The first-order valence-corrected chi connectivity index (χ1v) is 9.59. The van der Waals surface area contributed by atoms with E-state index in [0.29, 0.717) is 10.9 Å². The van der Waals surface area contributed by atoms with E-state index in [4.69, 9.17) is 16.3 Å². The minimum absolute atomic E-state index is 0.0714. The summed E-state index contributed by atoms with van der Waals surface area (Å²) in [6.07, 6.45) is 0. The van der Waals surface area contributed by atoms with Crippen LogP contribution in [0.3, 0.4) is 0 Å². The summed E-state index contributed by atoms with van der Waals surface area (Å²) in [4.78, 5) is 27.3. The van der Waals surface area contributed by atoms with Gasteiger partial charge >= 0.3 is 5.97 Å². The fraction of sp³-hybridized carbons (Fsp3) is 0.263. The standard InChI is InChI=1S/C19H16ClF2NO3S/c1-3-26-19(25)10(2)18(24)12-7-13(21)14(22)8-16(12)23-9-27-17-6-11(20)4-5-15(17)23/h4-8,10H,3,9H2,1-2H3. The topological polar surface area (TPSA) is 46.6 Å². The maximum atomic E-state index is 14.0. The number of ether oxygens (including phenoxy) is 1. The average molecular weight is 412 g/mol. The number of carbonyl (C=O) groups excluding carboxylic acids is 2. The predicted octanol–water partition coefficient (Wildman–Crippen LogP) is 5.20. The SMILES string of the molecule is CCOC(=O)C(C)C(=O)c1cc(F)c(F)cc1N1CSc2cc(Cl)ccc21. The first-order chi connectivity index (χ1) is 12.8. The molecule has 0 radical (unpaired) electrons. The lowest BCUT2D eigenvalue weighted by atomic mass is 9.97. The Morgan fingerprint density at radius 2 is 1.93 bits per heavy atom. The van der Waals surface area contributed by atoms with Gasteiger partial charge in [-0.05, 0) is 38.1 Å². The maximum absolute atomic E-state index is 14.0. The number of ketones is 1. The smallest absolute Gasteiger partial charge is 0.316 e. The van der Waals surface area contributed by atoms with Gasteiger partial charge < -0.3 is 9.64 Å². The van der Waals surface area contributed by atoms with E-state index < -0.39 is 29.3 Å². The number of halogens is 3. The van der Waals surface area contributed by atoms with Crippen molar-refractivity contribution in [3.8, 4) is 0 Å². The Balaban J connectivity index is 2.06. The second-order valence-corrected chi connectivity index (χ2v) is 7.36. The number of rotatable bonds is 5. The van der Waals surface area contributed by atoms with Gasteiger partial charge in [-0.3, -0.25) is 9.59 Å². The lowest BCUT2D eigenvalue weighted by Gasteiger charge is -2.23. The zero-order valence-corrected chi connectivity index (χ0v) is 16.2. The molecule has 2 aromatic carbocycles. The van der Waals surface area contributed by atoms with E-state index in [-0.39, 0.29) is 17.9 Å². The van der Waals surface area contributed by atoms with Crippen LogP contribution in [0.15, 0.2) is 35.2 Å². The van der Waals surface area contributed by atoms with Gasteiger partial charge in [0.25, 0.3) is 0 Å². The highest BCUT2D eigenvalue weighted by atomic mass is 35.5. The lowest BCUT2D eigenvalue weighted by Crippen LogP contribution is -2.26. The summed E-state index contributed by atoms with van der Waals surface area (Å²) in [7, 11) is 0. The molecule has 1 aliphatic rings. The second-order valence-electron chi connectivity index (χ2n) is 5.93. The highest BCUT2D eigenvalue weighted by Gasteiger charge is 2.31. The molecule has 1 unspecified atom stereocenters. The molecule has 0 aromatic heterocycles. The molecular weight excluding hydrogens is 396 g/mol. The maximum Gasteiger partial charge on any atom is 0.316 e. The second kappa shape index (κ2) is 7.86. The molecule has 0 N–H and O–H groups in total. The number of nitrogens with zero attached hydrogens (tertiary/aromatic N) is 1. The number of benzene rings is 2. The van der Waals surface area contributed by atoms with Crippen molar-refractivity contribution >= 4 is 46.5 Å². The van der Waals surface area contributed by atoms with Crippen LogP contribution in [0.25, 0.3) is 0 Å². The molecule has 1 aliphatic heterocycles. The number of carbonyl (C=O) groups is 2. The van der Waals surface area contributed by atoms with Crippen molar-refractivity contribution in [2.24, 2.45) is 5.92 Å². The van der Waals surface area contributed by atoms with Gasteiger partial charge in [0.05, 0.1) is 23.9 Å². The number of anilines is 2. The zero-order chi connectivity index (χ0) is 19.7. The summed E-state index contributed by atoms with van der Waals surface area (Å²) in [6, 6.07) is 7.01. The normalized spacial score (nSPS) is 14.0. The van der Waals surface area contributed by atoms with E-state index in [2.05, 4.69) is 0 Å². The van der Waals surface area contributed by atoms with Gasteiger partial charge in [0.2, 0.25) is 0 Å². The van der Waals surface area contributed by atoms with E-state index in [1.807, 2.05) is 0 Å². The molecule has 1 heterocycles. The molecule has 0 bridgehead atoms. The van der Waals surface area contributed by atoms with Crippen LogP contribution in [0.4, 0.5) is 20.2 Å². The monoisotopic (exact) mass is 411 g/mol. The molecule has 3 rings (SSSR count). The zero-order valence-electron chi connectivity index (χ0n) is 14.6. The Labute approximate surface area is 164 Å². The number of thioether (sulfide) groups is 1. The van der Waals surface area contributed by atoms with E-state index in [1.165, 1.54) is 18.7 Å². The van der Waals surface area contributed by atoms with Crippen LogP contribution in [-0.2, 0) is 9.53 Å². The molecule has 27 heavy (non-hydrogen) atoms. The van der Waals surface area contributed by atoms with Crippen LogP contribution in [0.1, 0.15) is 24.2 Å². The van der Waals surface area contributed by atoms with Crippen LogP contribution in [0, 0.1) is 17.6 Å². The summed E-state index contributed by atoms with van der Waals surface area (Å²) in [5, 5.41) is 0.556. The van der Waals surface area contributed by atoms with Gasteiger partial charge in [-0.15, -0.1) is 11.8 Å². The van der Waals surface area contributed by atoms with E-state index >= 15 is 0 Å². The number of fused-ring (bicyclic) bond motifs is 1. The Morgan fingerprint density at radius 1 is 1.22 bits per heavy atom. The molecule has 0 saturated carbocycles. The molecule has 0 saturated heterocycles. The Hall–Kier alpha value is -2.12. The first kappa shape index (κ1) is 19.6. The highest BCUT2D eigenvalue weighted by molar-refractivity contribution is 7.99. The van der Waals surface area contributed by atoms with Gasteiger partial charge in [0.1, 0.15) is 5.92 Å². The minimum atomic E-state index is -1.15. The van der Waals surface area contributed by atoms with E-state index in [1.54, 1.807) is 30.0 Å². The number of hydrogen-bond donors (Lipinski definition) is 0. The summed E-state index contributed by atoms with van der Waals surface area (Å²) < 4.78 is 32.7. The largest absolute Gasteiger partial charge is 0.465 e. The third kappa shape index (κ3) is 3.80. The van der Waals surface area contributed by atoms with Gasteiger partial charge in [0.15, 0.2) is 17.4 Å². The minimum Gasteiger partial charge on any atom is -0.465 e. The van der Waals surface area contributed by atoms with Crippen LogP contribution in [-0.4, -0.2) is 24.2 Å². The van der Waals surface area contributed by atoms with Crippen molar-refractivity contribution in [2.75, 3.05) is 17.4 Å². The molecule has 0 fully saturated rings. The fourth-order valence-corrected chi connectivity index (χ4v) is 4.11. The Morgan fingerprint density at radius 3 is 2.63 bits per heavy atom. The van der Waals surface area contributed by atoms with Crippen molar-refractivity contribution in [1.82, 2.24) is 0 Å². The number of esters is 1. The molecule has 142 valence electrons. The number of hydrogen-bond acceptors (Lipinski definition) is 5. The summed E-state index contributed by atoms with van der Waals surface area (Å²) in [5.74, 6) is -4.29. The molecule has 2 aromatic rings. The quantitative estimate of drug-likeness (QED) is 0.384. The van der Waals surface area contributed by atoms with Crippen LogP contribution in [0.2, 0.25) is 5.02 Å². The third-order valence-electron chi connectivity index (χ3n) is 4.19. The van der Waals surface area contributed by atoms with Crippen LogP contribution < -0.4 is 4.90 Å². The summed E-state index contributed by atoms with van der Waals surface area (Å²) in [6.45, 7) is 3.14. The fourth-order valence-electron chi connectivity index (χ4n) is 2.79. The molecule has 1 atom stereocenters. The summed E-state index contributed by atoms with van der Waals surface area (Å²) in [5.41, 5.74) is 0.856. The average Bonchev–Trinajstić information content (AvgIpc) is 3.05. The molecule has 4 nitrogen and oxygen atoms in total. The van der Waals surface area contributed by atoms with Crippen molar-refractivity contribution in [1.29, 1.82) is 0 Å². The molecule has 8 heteroatoms. The van der Waals surface area contributed by atoms with Crippen LogP contribution >= 0.6 is 23.4 Å². The van der Waals surface area contributed by atoms with Crippen molar-refractivity contribution in [3.63, 3.8) is 0 Å².